The molecule has 2 N–H and O–H groups in total. The number of unbranched alkanes of at least 4 members (excludes halogenated alkanes) is 4. The molecule has 2 atom stereocenters. The van der Waals surface area contributed by atoms with Crippen LogP contribution in [0.5, 0.6) is 0 Å². The molecule has 7 heteroatoms. The molecule has 0 spiro atoms. The van der Waals surface area contributed by atoms with E-state index in [1.807, 2.05) is 56.3 Å². The molecule has 0 heterocycles. The molecule has 0 saturated heterocycles. The lowest BCUT2D eigenvalue weighted by Crippen LogP contribution is -2.54. The van der Waals surface area contributed by atoms with E-state index in [-0.39, 0.29) is 24.3 Å². The number of hydrogen-bond acceptors (Lipinski definition) is 4. The number of nitrogens with one attached hydrogen (secondary N) is 2. The standard InChI is InChI=1S/C34H47N3O4/c1-8-10-11-12-18-23-37(30(31(38)35-25(3)4)28-22-17-16-21-27(28)9-2)32(39)29(24-26-19-14-13-15-20-26)36-33(40)41-34(5,6)7/h2,13-17,19-22,25,29-30H,8,10-12,18,23-24H2,1,3-7H3,(H,35,38)(H,36,40). The molecule has 0 radical (unpaired) electrons. The normalized spacial score (nSPS) is 12.6. The summed E-state index contributed by atoms with van der Waals surface area (Å²) in [6.07, 6.45) is 10.2. The maximum atomic E-state index is 14.5. The van der Waals surface area contributed by atoms with E-state index in [1.165, 1.54) is 0 Å². The number of alkyl carbamates (subject to hydrolysis) is 1. The zero-order chi connectivity index (χ0) is 30.4. The first-order valence-corrected chi connectivity index (χ1v) is 14.7. The van der Waals surface area contributed by atoms with Crippen LogP contribution in [0.1, 0.15) is 96.4 Å². The molecule has 0 aliphatic heterocycles. The van der Waals surface area contributed by atoms with Gasteiger partial charge in [-0.2, -0.15) is 0 Å². The highest BCUT2D eigenvalue weighted by Crippen LogP contribution is 2.27. The molecule has 2 rings (SSSR count). The number of carbonyl (C=O) groups is 3. The van der Waals surface area contributed by atoms with Crippen molar-refractivity contribution in [2.45, 2.75) is 104 Å². The van der Waals surface area contributed by atoms with Crippen molar-refractivity contribution in [3.63, 3.8) is 0 Å². The van der Waals surface area contributed by atoms with Gasteiger partial charge in [-0.05, 0) is 58.2 Å². The van der Waals surface area contributed by atoms with E-state index >= 15 is 0 Å². The average Bonchev–Trinajstić information content (AvgIpc) is 2.90. The minimum Gasteiger partial charge on any atom is -0.444 e. The Hall–Kier alpha value is -3.79. The van der Waals surface area contributed by atoms with Gasteiger partial charge in [0.05, 0.1) is 0 Å². The molecular formula is C34H47N3O4. The van der Waals surface area contributed by atoms with Crippen molar-refractivity contribution in [1.29, 1.82) is 0 Å². The topological polar surface area (TPSA) is 87.7 Å². The average molecular weight is 562 g/mol. The van der Waals surface area contributed by atoms with Crippen molar-refractivity contribution in [3.8, 4) is 12.3 Å². The van der Waals surface area contributed by atoms with E-state index in [0.717, 1.165) is 31.2 Å². The zero-order valence-electron chi connectivity index (χ0n) is 25.5. The Morgan fingerprint density at radius 3 is 2.17 bits per heavy atom. The first-order valence-electron chi connectivity index (χ1n) is 14.7. The molecule has 0 fully saturated rings. The van der Waals surface area contributed by atoms with Gasteiger partial charge in [0.1, 0.15) is 17.7 Å². The molecule has 222 valence electrons. The Morgan fingerprint density at radius 2 is 1.56 bits per heavy atom. The van der Waals surface area contributed by atoms with Crippen LogP contribution in [-0.2, 0) is 20.7 Å². The summed E-state index contributed by atoms with van der Waals surface area (Å²) in [6.45, 7) is 11.5. The molecule has 0 aromatic heterocycles. The van der Waals surface area contributed by atoms with Crippen LogP contribution in [0, 0.1) is 12.3 Å². The van der Waals surface area contributed by atoms with Gasteiger partial charge in [-0.15, -0.1) is 6.42 Å². The van der Waals surface area contributed by atoms with Crippen LogP contribution in [0.3, 0.4) is 0 Å². The van der Waals surface area contributed by atoms with Gasteiger partial charge in [-0.3, -0.25) is 9.59 Å². The van der Waals surface area contributed by atoms with E-state index < -0.39 is 23.8 Å². The van der Waals surface area contributed by atoms with Gasteiger partial charge in [0.2, 0.25) is 11.8 Å². The molecule has 0 aliphatic carbocycles. The minimum atomic E-state index is -0.970. The van der Waals surface area contributed by atoms with Gasteiger partial charge < -0.3 is 20.3 Å². The number of rotatable bonds is 14. The highest BCUT2D eigenvalue weighted by molar-refractivity contribution is 5.92. The molecule has 7 nitrogen and oxygen atoms in total. The lowest BCUT2D eigenvalue weighted by atomic mass is 9.96. The van der Waals surface area contributed by atoms with Crippen LogP contribution in [0.25, 0.3) is 0 Å². The van der Waals surface area contributed by atoms with Crippen molar-refractivity contribution >= 4 is 17.9 Å². The highest BCUT2D eigenvalue weighted by Gasteiger charge is 2.37. The predicted molar refractivity (Wildman–Crippen MR) is 164 cm³/mol. The van der Waals surface area contributed by atoms with Gasteiger partial charge in [0.15, 0.2) is 0 Å². The van der Waals surface area contributed by atoms with E-state index in [2.05, 4.69) is 23.5 Å². The van der Waals surface area contributed by atoms with E-state index in [4.69, 9.17) is 11.2 Å². The largest absolute Gasteiger partial charge is 0.444 e. The third-order valence-electron chi connectivity index (χ3n) is 6.46. The molecule has 3 amide bonds. The van der Waals surface area contributed by atoms with Crippen LogP contribution in [0.15, 0.2) is 54.6 Å². The Bertz CT molecular complexity index is 1160. The van der Waals surface area contributed by atoms with Crippen molar-refractivity contribution in [1.82, 2.24) is 15.5 Å². The van der Waals surface area contributed by atoms with Crippen molar-refractivity contribution in [3.05, 3.63) is 71.3 Å². The maximum Gasteiger partial charge on any atom is 0.408 e. The molecular weight excluding hydrogens is 514 g/mol. The van der Waals surface area contributed by atoms with Crippen LogP contribution in [0.2, 0.25) is 0 Å². The SMILES string of the molecule is C#Cc1ccccc1C(C(=O)NC(C)C)N(CCCCCCC)C(=O)C(Cc1ccccc1)NC(=O)OC(C)(C)C. The summed E-state index contributed by atoms with van der Waals surface area (Å²) in [5, 5.41) is 5.79. The number of terminal acetylenes is 1. The van der Waals surface area contributed by atoms with Crippen LogP contribution in [0.4, 0.5) is 4.79 Å². The Kier molecular flexibility index (Phi) is 13.4. The summed E-state index contributed by atoms with van der Waals surface area (Å²) >= 11 is 0. The van der Waals surface area contributed by atoms with Gasteiger partial charge in [-0.25, -0.2) is 4.79 Å². The molecule has 0 bridgehead atoms. The maximum absolute atomic E-state index is 14.5. The van der Waals surface area contributed by atoms with Crippen molar-refractivity contribution < 1.29 is 19.1 Å². The van der Waals surface area contributed by atoms with Crippen molar-refractivity contribution in [2.24, 2.45) is 0 Å². The fourth-order valence-corrected chi connectivity index (χ4v) is 4.63. The highest BCUT2D eigenvalue weighted by atomic mass is 16.6. The van der Waals surface area contributed by atoms with Crippen molar-refractivity contribution in [2.75, 3.05) is 6.54 Å². The number of benzene rings is 2. The van der Waals surface area contributed by atoms with Gasteiger partial charge in [0.25, 0.3) is 0 Å². The summed E-state index contributed by atoms with van der Waals surface area (Å²) in [7, 11) is 0. The summed E-state index contributed by atoms with van der Waals surface area (Å²) in [5.74, 6) is 1.99. The molecule has 2 aromatic carbocycles. The van der Waals surface area contributed by atoms with Crippen LogP contribution in [-0.4, -0.2) is 47.0 Å². The lowest BCUT2D eigenvalue weighted by Gasteiger charge is -2.35. The Labute approximate surface area is 246 Å². The van der Waals surface area contributed by atoms with Gasteiger partial charge in [-0.1, -0.05) is 87.1 Å². The molecule has 2 unspecified atom stereocenters. The molecule has 2 aromatic rings. The first kappa shape index (κ1) is 33.4. The second-order valence-corrected chi connectivity index (χ2v) is 11.6. The van der Waals surface area contributed by atoms with Crippen LogP contribution < -0.4 is 10.6 Å². The minimum absolute atomic E-state index is 0.149. The molecule has 0 saturated carbocycles. The molecule has 41 heavy (non-hydrogen) atoms. The predicted octanol–water partition coefficient (Wildman–Crippen LogP) is 6.17. The number of ether oxygens (including phenoxy) is 1. The zero-order valence-corrected chi connectivity index (χ0v) is 25.5. The fourth-order valence-electron chi connectivity index (χ4n) is 4.63. The number of amides is 3. The third kappa shape index (κ3) is 11.3. The first-order chi connectivity index (χ1) is 19.5. The number of nitrogens with zero attached hydrogens (tertiary/aromatic N) is 1. The molecule has 0 aliphatic rings. The van der Waals surface area contributed by atoms with E-state index in [9.17, 15) is 14.4 Å². The summed E-state index contributed by atoms with van der Waals surface area (Å²) < 4.78 is 5.52. The Morgan fingerprint density at radius 1 is 0.927 bits per heavy atom. The summed E-state index contributed by atoms with van der Waals surface area (Å²) in [4.78, 5) is 42.8. The lowest BCUT2D eigenvalue weighted by molar-refractivity contribution is -0.142. The number of carbonyl (C=O) groups excluding carboxylic acids is 3. The fraction of sp³-hybridized carbons (Fsp3) is 0.500. The quantitative estimate of drug-likeness (QED) is 0.213. The van der Waals surface area contributed by atoms with E-state index in [0.29, 0.717) is 24.1 Å². The third-order valence-corrected chi connectivity index (χ3v) is 6.46. The van der Waals surface area contributed by atoms with E-state index in [1.54, 1.807) is 37.8 Å². The summed E-state index contributed by atoms with van der Waals surface area (Å²) in [6, 6.07) is 14.6. The van der Waals surface area contributed by atoms with Crippen LogP contribution >= 0.6 is 0 Å². The second kappa shape index (κ2) is 16.5. The van der Waals surface area contributed by atoms with Gasteiger partial charge >= 0.3 is 6.09 Å². The van der Waals surface area contributed by atoms with Gasteiger partial charge in [0, 0.05) is 24.6 Å². The Balaban J connectivity index is 2.58. The summed E-state index contributed by atoms with van der Waals surface area (Å²) in [5.41, 5.74) is 1.25. The smallest absolute Gasteiger partial charge is 0.408 e. The monoisotopic (exact) mass is 561 g/mol. The number of hydrogen-bond donors (Lipinski definition) is 2. The second-order valence-electron chi connectivity index (χ2n) is 11.6.